The van der Waals surface area contributed by atoms with Crippen LogP contribution in [0, 0.1) is 13.8 Å². The summed E-state index contributed by atoms with van der Waals surface area (Å²) in [4.78, 5) is 30.8. The molecule has 3 aromatic rings. The zero-order chi connectivity index (χ0) is 17.3. The normalized spacial score (nSPS) is 10.6. The zero-order valence-corrected chi connectivity index (χ0v) is 15.7. The number of nitrogens with zero attached hydrogens (tertiary/aromatic N) is 1. The Kier molecular flexibility index (Phi) is 4.79. The third kappa shape index (κ3) is 3.72. The Morgan fingerprint density at radius 3 is 2.58 bits per heavy atom. The molecule has 3 rings (SSSR count). The van der Waals surface area contributed by atoms with Crippen molar-refractivity contribution in [3.05, 3.63) is 38.2 Å². The van der Waals surface area contributed by atoms with Gasteiger partial charge in [0.05, 0.1) is 15.6 Å². The van der Waals surface area contributed by atoms with Crippen molar-refractivity contribution >= 4 is 56.0 Å². The van der Waals surface area contributed by atoms with Gasteiger partial charge in [-0.15, -0.1) is 34.0 Å². The molecule has 3 heterocycles. The van der Waals surface area contributed by atoms with E-state index in [4.69, 9.17) is 0 Å². The molecule has 0 aliphatic heterocycles. The third-order valence-corrected chi connectivity index (χ3v) is 5.89. The van der Waals surface area contributed by atoms with Crippen LogP contribution in [0.25, 0.3) is 11.3 Å². The van der Waals surface area contributed by atoms with Gasteiger partial charge < -0.3 is 5.32 Å². The van der Waals surface area contributed by atoms with E-state index in [1.807, 2.05) is 5.38 Å². The topological polar surface area (TPSA) is 71.1 Å². The summed E-state index contributed by atoms with van der Waals surface area (Å²) >= 11 is 4.37. The smallest absolute Gasteiger partial charge is 0.267 e. The maximum Gasteiger partial charge on any atom is 0.267 e. The van der Waals surface area contributed by atoms with E-state index in [1.165, 1.54) is 39.4 Å². The molecule has 0 saturated carbocycles. The monoisotopic (exact) mass is 377 g/mol. The molecule has 124 valence electrons. The van der Waals surface area contributed by atoms with Crippen LogP contribution < -0.4 is 10.6 Å². The molecule has 0 saturated heterocycles. The zero-order valence-electron chi connectivity index (χ0n) is 13.3. The number of anilines is 2. The van der Waals surface area contributed by atoms with Crippen molar-refractivity contribution in [2.75, 3.05) is 10.6 Å². The lowest BCUT2D eigenvalue weighted by Gasteiger charge is -1.99. The average Bonchev–Trinajstić information content (AvgIpc) is 3.19. The van der Waals surface area contributed by atoms with Gasteiger partial charge in [0.1, 0.15) is 0 Å². The minimum atomic E-state index is -0.226. The van der Waals surface area contributed by atoms with E-state index in [1.54, 1.807) is 23.5 Å². The van der Waals surface area contributed by atoms with Crippen molar-refractivity contribution in [1.29, 1.82) is 0 Å². The van der Waals surface area contributed by atoms with Gasteiger partial charge in [-0.1, -0.05) is 0 Å². The molecular weight excluding hydrogens is 362 g/mol. The Morgan fingerprint density at radius 2 is 1.92 bits per heavy atom. The molecule has 0 fully saturated rings. The summed E-state index contributed by atoms with van der Waals surface area (Å²) in [6.45, 7) is 5.57. The summed E-state index contributed by atoms with van der Waals surface area (Å²) in [6, 6.07) is 5.51. The number of thiophene rings is 2. The predicted octanol–water partition coefficient (Wildman–Crippen LogP) is 4.76. The van der Waals surface area contributed by atoms with E-state index < -0.39 is 0 Å². The molecule has 0 bridgehead atoms. The van der Waals surface area contributed by atoms with E-state index in [2.05, 4.69) is 35.5 Å². The van der Waals surface area contributed by atoms with Crippen LogP contribution in [0.5, 0.6) is 0 Å². The number of hydrogen-bond acceptors (Lipinski definition) is 6. The number of thiazole rings is 1. The number of aryl methyl sites for hydroxylation is 2. The Hall–Kier alpha value is -2.03. The molecule has 0 aliphatic rings. The Bertz CT molecular complexity index is 907. The highest BCUT2D eigenvalue weighted by Crippen LogP contribution is 2.33. The first-order valence-electron chi connectivity index (χ1n) is 7.14. The van der Waals surface area contributed by atoms with Crippen LogP contribution in [0.15, 0.2) is 23.6 Å². The second-order valence-electron chi connectivity index (χ2n) is 5.16. The SMILES string of the molecule is CC(=O)Nc1ccc(C(=O)Nc2nc(-c3cc(C)sc3C)cs2)s1. The van der Waals surface area contributed by atoms with Crippen molar-refractivity contribution in [2.24, 2.45) is 0 Å². The number of amides is 2. The first kappa shape index (κ1) is 16.8. The molecule has 3 aromatic heterocycles. The average molecular weight is 378 g/mol. The fourth-order valence-electron chi connectivity index (χ4n) is 2.20. The number of nitrogens with one attached hydrogen (secondary N) is 2. The summed E-state index contributed by atoms with van der Waals surface area (Å²) in [5.41, 5.74) is 1.99. The van der Waals surface area contributed by atoms with Crippen molar-refractivity contribution in [3.63, 3.8) is 0 Å². The Labute approximate surface area is 151 Å². The van der Waals surface area contributed by atoms with Gasteiger partial charge >= 0.3 is 0 Å². The highest BCUT2D eigenvalue weighted by atomic mass is 32.1. The Balaban J connectivity index is 1.72. The number of aromatic nitrogens is 1. The summed E-state index contributed by atoms with van der Waals surface area (Å²) in [5.74, 6) is -0.384. The molecule has 0 unspecified atom stereocenters. The van der Waals surface area contributed by atoms with Gasteiger partial charge in [0.15, 0.2) is 5.13 Å². The van der Waals surface area contributed by atoms with Gasteiger partial charge in [-0.05, 0) is 32.0 Å². The number of rotatable bonds is 4. The molecule has 0 radical (unpaired) electrons. The summed E-state index contributed by atoms with van der Waals surface area (Å²) in [6.07, 6.45) is 0. The maximum absolute atomic E-state index is 12.3. The molecule has 2 N–H and O–H groups in total. The molecule has 8 heteroatoms. The fraction of sp³-hybridized carbons (Fsp3) is 0.188. The van der Waals surface area contributed by atoms with Crippen LogP contribution in [0.2, 0.25) is 0 Å². The quantitative estimate of drug-likeness (QED) is 0.688. The standard InChI is InChI=1S/C16H15N3O2S3/c1-8-6-11(9(2)23-8)12-7-22-16(18-12)19-15(21)13-4-5-14(24-13)17-10(3)20/h4-7H,1-3H3,(H,17,20)(H,18,19,21). The van der Waals surface area contributed by atoms with Gasteiger partial charge in [-0.2, -0.15) is 0 Å². The highest BCUT2D eigenvalue weighted by molar-refractivity contribution is 7.18. The van der Waals surface area contributed by atoms with Crippen LogP contribution in [0.3, 0.4) is 0 Å². The lowest BCUT2D eigenvalue weighted by Crippen LogP contribution is -2.09. The molecule has 2 amide bonds. The van der Waals surface area contributed by atoms with Gasteiger partial charge in [-0.3, -0.25) is 14.9 Å². The van der Waals surface area contributed by atoms with E-state index >= 15 is 0 Å². The maximum atomic E-state index is 12.3. The molecular formula is C16H15N3O2S3. The van der Waals surface area contributed by atoms with E-state index in [0.29, 0.717) is 15.0 Å². The largest absolute Gasteiger partial charge is 0.318 e. The molecule has 0 spiro atoms. The minimum Gasteiger partial charge on any atom is -0.318 e. The fourth-order valence-corrected chi connectivity index (χ4v) is 4.69. The molecule has 5 nitrogen and oxygen atoms in total. The number of carbonyl (C=O) groups excluding carboxylic acids is 2. The van der Waals surface area contributed by atoms with Crippen LogP contribution >= 0.6 is 34.0 Å². The predicted molar refractivity (Wildman–Crippen MR) is 101 cm³/mol. The van der Waals surface area contributed by atoms with E-state index in [9.17, 15) is 9.59 Å². The van der Waals surface area contributed by atoms with Crippen LogP contribution in [-0.2, 0) is 4.79 Å². The highest BCUT2D eigenvalue weighted by Gasteiger charge is 2.14. The summed E-state index contributed by atoms with van der Waals surface area (Å²) < 4.78 is 0. The van der Waals surface area contributed by atoms with Crippen molar-refractivity contribution in [2.45, 2.75) is 20.8 Å². The first-order chi connectivity index (χ1) is 11.4. The van der Waals surface area contributed by atoms with Gasteiger partial charge in [-0.25, -0.2) is 4.98 Å². The van der Waals surface area contributed by atoms with Crippen molar-refractivity contribution in [3.8, 4) is 11.3 Å². The molecule has 24 heavy (non-hydrogen) atoms. The summed E-state index contributed by atoms with van der Waals surface area (Å²) in [7, 11) is 0. The van der Waals surface area contributed by atoms with Crippen molar-refractivity contribution < 1.29 is 9.59 Å². The second-order valence-corrected chi connectivity index (χ2v) is 8.57. The minimum absolute atomic E-state index is 0.158. The van der Waals surface area contributed by atoms with Gasteiger partial charge in [0, 0.05) is 27.6 Å². The molecule has 0 aromatic carbocycles. The van der Waals surface area contributed by atoms with E-state index in [-0.39, 0.29) is 11.8 Å². The van der Waals surface area contributed by atoms with Crippen molar-refractivity contribution in [1.82, 2.24) is 4.98 Å². The van der Waals surface area contributed by atoms with Gasteiger partial charge in [0.2, 0.25) is 5.91 Å². The second kappa shape index (κ2) is 6.84. The number of carbonyl (C=O) groups is 2. The summed E-state index contributed by atoms with van der Waals surface area (Å²) in [5, 5.41) is 8.63. The van der Waals surface area contributed by atoms with Crippen LogP contribution in [0.4, 0.5) is 10.1 Å². The lowest BCUT2D eigenvalue weighted by atomic mass is 10.2. The van der Waals surface area contributed by atoms with Gasteiger partial charge in [0.25, 0.3) is 5.91 Å². The Morgan fingerprint density at radius 1 is 1.12 bits per heavy atom. The first-order valence-corrected chi connectivity index (χ1v) is 9.65. The molecule has 0 atom stereocenters. The van der Waals surface area contributed by atoms with E-state index in [0.717, 1.165) is 11.3 Å². The lowest BCUT2D eigenvalue weighted by molar-refractivity contribution is -0.114. The third-order valence-electron chi connectivity index (χ3n) is 3.17. The molecule has 0 aliphatic carbocycles. The number of hydrogen-bond donors (Lipinski definition) is 2. The van der Waals surface area contributed by atoms with Crippen LogP contribution in [0.1, 0.15) is 26.3 Å². The van der Waals surface area contributed by atoms with Crippen LogP contribution in [-0.4, -0.2) is 16.8 Å².